The monoisotopic (exact) mass is 212 g/mol. The van der Waals surface area contributed by atoms with E-state index in [9.17, 15) is 9.18 Å². The normalized spacial score (nSPS) is 17.6. The van der Waals surface area contributed by atoms with E-state index in [1.807, 2.05) is 0 Å². The molecule has 0 spiro atoms. The second-order valence-corrected chi connectivity index (χ2v) is 3.28. The molecule has 16 heavy (non-hydrogen) atoms. The Morgan fingerprint density at radius 2 is 1.75 bits per heavy atom. The topological polar surface area (TPSA) is 64.7 Å². The predicted octanol–water partition coefficient (Wildman–Crippen LogP) is 2.02. The van der Waals surface area contributed by atoms with Crippen molar-refractivity contribution in [3.63, 3.8) is 0 Å². The summed E-state index contributed by atoms with van der Waals surface area (Å²) in [6.45, 7) is 0. The van der Waals surface area contributed by atoms with Crippen LogP contribution in [0.25, 0.3) is 5.57 Å². The first-order valence-electron chi connectivity index (χ1n) is 4.52. The second kappa shape index (κ2) is 3.60. The van der Waals surface area contributed by atoms with Gasteiger partial charge in [-0.25, -0.2) is 4.39 Å². The second-order valence-electron chi connectivity index (χ2n) is 3.28. The van der Waals surface area contributed by atoms with Gasteiger partial charge in [0.2, 0.25) is 5.78 Å². The maximum absolute atomic E-state index is 13.7. The Morgan fingerprint density at radius 3 is 2.31 bits per heavy atom. The van der Waals surface area contributed by atoms with Crippen LogP contribution in [0.15, 0.2) is 29.8 Å². The third kappa shape index (κ3) is 1.21. The summed E-state index contributed by atoms with van der Waals surface area (Å²) in [6, 6.07) is 9.50. The van der Waals surface area contributed by atoms with E-state index in [1.165, 1.54) is 12.1 Å². The Morgan fingerprint density at radius 1 is 1.19 bits per heavy atom. The Labute approximate surface area is 91.0 Å². The summed E-state index contributed by atoms with van der Waals surface area (Å²) in [7, 11) is 0. The molecule has 2 rings (SSSR count). The molecule has 1 aliphatic carbocycles. The number of nitriles is 2. The largest absolute Gasteiger partial charge is 0.290 e. The molecule has 1 aromatic carbocycles. The zero-order valence-corrected chi connectivity index (χ0v) is 8.07. The van der Waals surface area contributed by atoms with Gasteiger partial charge < -0.3 is 0 Å². The van der Waals surface area contributed by atoms with Gasteiger partial charge in [-0.3, -0.25) is 4.79 Å². The lowest BCUT2D eigenvalue weighted by Gasteiger charge is -2.00. The van der Waals surface area contributed by atoms with Crippen LogP contribution in [0.5, 0.6) is 0 Å². The van der Waals surface area contributed by atoms with Crippen LogP contribution >= 0.6 is 0 Å². The summed E-state index contributed by atoms with van der Waals surface area (Å²) < 4.78 is 13.7. The first kappa shape index (κ1) is 10.1. The number of rotatable bonds is 0. The number of carbonyl (C=O) groups excluding carboxylic acids is 1. The van der Waals surface area contributed by atoms with E-state index in [2.05, 4.69) is 0 Å². The first-order chi connectivity index (χ1) is 7.70. The Balaban J connectivity index is 2.78. The third-order valence-electron chi connectivity index (χ3n) is 2.46. The lowest BCUT2D eigenvalue weighted by Crippen LogP contribution is -2.09. The molecule has 0 aliphatic heterocycles. The number of fused-ring (bicyclic) bond motifs is 1. The van der Waals surface area contributed by atoms with E-state index in [1.54, 1.807) is 24.3 Å². The zero-order valence-electron chi connectivity index (χ0n) is 8.07. The fraction of sp³-hybridized carbons (Fsp3) is 0.0833. The molecule has 1 aromatic rings. The van der Waals surface area contributed by atoms with Crippen LogP contribution in [0.2, 0.25) is 0 Å². The van der Waals surface area contributed by atoms with Crippen molar-refractivity contribution in [3.05, 3.63) is 41.0 Å². The minimum Gasteiger partial charge on any atom is -0.290 e. The number of carbonyl (C=O) groups is 1. The fourth-order valence-electron chi connectivity index (χ4n) is 1.74. The molecule has 1 atom stereocenters. The molecule has 0 aromatic heterocycles. The molecule has 0 saturated heterocycles. The van der Waals surface area contributed by atoms with Gasteiger partial charge in [-0.05, 0) is 5.56 Å². The van der Waals surface area contributed by atoms with E-state index in [-0.39, 0.29) is 16.7 Å². The number of benzene rings is 1. The van der Waals surface area contributed by atoms with Gasteiger partial charge >= 0.3 is 0 Å². The number of ketones is 1. The van der Waals surface area contributed by atoms with Crippen LogP contribution in [0, 0.1) is 22.7 Å². The number of halogens is 1. The number of hydrogen-bond donors (Lipinski definition) is 0. The number of allylic oxidation sites excluding steroid dienone is 2. The molecule has 0 bridgehead atoms. The molecule has 3 nitrogen and oxygen atoms in total. The van der Waals surface area contributed by atoms with Gasteiger partial charge in [0.1, 0.15) is 17.7 Å². The number of nitrogens with zero attached hydrogens (tertiary/aromatic N) is 2. The lowest BCUT2D eigenvalue weighted by molar-refractivity contribution is 0.0930. The minimum absolute atomic E-state index is 0.106. The zero-order chi connectivity index (χ0) is 11.7. The van der Waals surface area contributed by atoms with E-state index >= 15 is 0 Å². The standard InChI is InChI=1S/C12H5FN2O/c13-11-10(7(5-14)6-15)8-3-1-2-4-9(8)12(11)16/h1-4,11H. The van der Waals surface area contributed by atoms with E-state index < -0.39 is 12.0 Å². The number of alkyl halides is 1. The molecular formula is C12H5FN2O. The van der Waals surface area contributed by atoms with Crippen LogP contribution in [0.3, 0.4) is 0 Å². The van der Waals surface area contributed by atoms with Crippen molar-refractivity contribution in [1.29, 1.82) is 10.5 Å². The van der Waals surface area contributed by atoms with Gasteiger partial charge in [-0.15, -0.1) is 0 Å². The summed E-state index contributed by atoms with van der Waals surface area (Å²) in [5, 5.41) is 17.4. The molecule has 1 aliphatic rings. The number of hydrogen-bond acceptors (Lipinski definition) is 3. The van der Waals surface area contributed by atoms with Crippen molar-refractivity contribution in [2.24, 2.45) is 0 Å². The molecule has 0 saturated carbocycles. The van der Waals surface area contributed by atoms with Crippen LogP contribution in [0.4, 0.5) is 4.39 Å². The maximum atomic E-state index is 13.7. The molecule has 0 amide bonds. The summed E-state index contributed by atoms with van der Waals surface area (Å²) in [5.41, 5.74) is 0.127. The van der Waals surface area contributed by atoms with E-state index in [4.69, 9.17) is 10.5 Å². The van der Waals surface area contributed by atoms with Crippen molar-refractivity contribution >= 4 is 11.4 Å². The molecule has 1 unspecified atom stereocenters. The summed E-state index contributed by atoms with van der Waals surface area (Å²) >= 11 is 0. The van der Waals surface area contributed by atoms with Crippen molar-refractivity contribution in [2.45, 2.75) is 6.17 Å². The van der Waals surface area contributed by atoms with Gasteiger partial charge in [0.05, 0.1) is 0 Å². The summed E-state index contributed by atoms with van der Waals surface area (Å²) in [4.78, 5) is 11.5. The molecule has 76 valence electrons. The highest BCUT2D eigenvalue weighted by Crippen LogP contribution is 2.36. The molecule has 0 heterocycles. The Kier molecular flexibility index (Phi) is 2.27. The van der Waals surface area contributed by atoms with Crippen LogP contribution in [0.1, 0.15) is 15.9 Å². The summed E-state index contributed by atoms with van der Waals surface area (Å²) in [6.07, 6.45) is -1.90. The molecule has 4 heteroatoms. The van der Waals surface area contributed by atoms with Gasteiger partial charge in [-0.1, -0.05) is 24.3 Å². The molecular weight excluding hydrogens is 207 g/mol. The Bertz CT molecular complexity index is 574. The Hall–Kier alpha value is -2.46. The van der Waals surface area contributed by atoms with Gasteiger partial charge in [0, 0.05) is 11.1 Å². The quantitative estimate of drug-likeness (QED) is 0.618. The minimum atomic E-state index is -1.90. The maximum Gasteiger partial charge on any atom is 0.202 e. The average Bonchev–Trinajstić information content (AvgIpc) is 2.57. The van der Waals surface area contributed by atoms with E-state index in [0.717, 1.165) is 0 Å². The summed E-state index contributed by atoms with van der Waals surface area (Å²) in [5.74, 6) is -0.686. The smallest absolute Gasteiger partial charge is 0.202 e. The van der Waals surface area contributed by atoms with Crippen LogP contribution in [-0.4, -0.2) is 12.0 Å². The third-order valence-corrected chi connectivity index (χ3v) is 2.46. The van der Waals surface area contributed by atoms with Crippen molar-refractivity contribution < 1.29 is 9.18 Å². The highest BCUT2D eigenvalue weighted by atomic mass is 19.1. The van der Waals surface area contributed by atoms with Crippen LogP contribution in [-0.2, 0) is 0 Å². The van der Waals surface area contributed by atoms with E-state index in [0.29, 0.717) is 5.56 Å². The predicted molar refractivity (Wildman–Crippen MR) is 53.8 cm³/mol. The number of Topliss-reactive ketones (excluding diaryl/α,β-unsaturated/α-hetero) is 1. The van der Waals surface area contributed by atoms with Crippen molar-refractivity contribution in [2.75, 3.05) is 0 Å². The van der Waals surface area contributed by atoms with Gasteiger partial charge in [0.25, 0.3) is 0 Å². The molecule has 0 radical (unpaired) electrons. The lowest BCUT2D eigenvalue weighted by atomic mass is 10.0. The fourth-order valence-corrected chi connectivity index (χ4v) is 1.74. The SMILES string of the molecule is N#CC(C#N)=C1c2ccccc2C(=O)C1F. The van der Waals surface area contributed by atoms with Crippen molar-refractivity contribution in [3.8, 4) is 12.1 Å². The molecule has 0 N–H and O–H groups in total. The first-order valence-corrected chi connectivity index (χ1v) is 4.52. The average molecular weight is 212 g/mol. The van der Waals surface area contributed by atoms with Crippen molar-refractivity contribution in [1.82, 2.24) is 0 Å². The van der Waals surface area contributed by atoms with Gasteiger partial charge in [-0.2, -0.15) is 10.5 Å². The van der Waals surface area contributed by atoms with Gasteiger partial charge in [0.15, 0.2) is 6.17 Å². The highest BCUT2D eigenvalue weighted by molar-refractivity contribution is 6.17. The van der Waals surface area contributed by atoms with Crippen LogP contribution < -0.4 is 0 Å². The highest BCUT2D eigenvalue weighted by Gasteiger charge is 2.37. The molecule has 0 fully saturated rings.